The minimum atomic E-state index is -4.36. The van der Waals surface area contributed by atoms with Gasteiger partial charge in [0.15, 0.2) is 5.75 Å². The molecule has 3 heterocycles. The van der Waals surface area contributed by atoms with Gasteiger partial charge < -0.3 is 29.5 Å². The second-order valence-electron chi connectivity index (χ2n) is 10.2. The first-order valence-electron chi connectivity index (χ1n) is 13.5. The molecule has 5 rings (SSSR count). The Bertz CT molecular complexity index is 1600. The first-order chi connectivity index (χ1) is 20.9. The van der Waals surface area contributed by atoms with Crippen molar-refractivity contribution >= 4 is 39.8 Å². The molecular weight excluding hydrogens is 647 g/mol. The van der Waals surface area contributed by atoms with Gasteiger partial charge in [0.1, 0.15) is 16.3 Å². The molecule has 0 unspecified atom stereocenters. The number of hydrogen-bond donors (Lipinski definition) is 2. The van der Waals surface area contributed by atoms with Gasteiger partial charge in [0, 0.05) is 36.1 Å². The molecule has 0 bridgehead atoms. The highest BCUT2D eigenvalue weighted by Crippen LogP contribution is 2.38. The fourth-order valence-electron chi connectivity index (χ4n) is 5.22. The second kappa shape index (κ2) is 14.2. The molecule has 1 aromatic carbocycles. The molecule has 1 fully saturated rings. The average Bonchev–Trinajstić information content (AvgIpc) is 3.56. The van der Waals surface area contributed by atoms with E-state index in [1.807, 2.05) is 12.1 Å². The monoisotopic (exact) mass is 676 g/mol. The summed E-state index contributed by atoms with van der Waals surface area (Å²) in [4.78, 5) is 10.9. The Kier molecular flexibility index (Phi) is 10.8. The number of benzene rings is 1. The maximum Gasteiger partial charge on any atom is 0.393 e. The molecule has 45 heavy (non-hydrogen) atoms. The fourth-order valence-corrected chi connectivity index (χ4v) is 6.27. The van der Waals surface area contributed by atoms with E-state index in [0.717, 1.165) is 16.9 Å². The quantitative estimate of drug-likeness (QED) is 0.200. The van der Waals surface area contributed by atoms with E-state index in [1.165, 1.54) is 26.4 Å². The fraction of sp³-hybridized carbons (Fsp3) is 0.429. The van der Waals surface area contributed by atoms with Crippen molar-refractivity contribution < 1.29 is 41.3 Å². The van der Waals surface area contributed by atoms with Gasteiger partial charge in [-0.05, 0) is 24.5 Å². The summed E-state index contributed by atoms with van der Waals surface area (Å²) in [6, 6.07) is 9.68. The minimum Gasteiger partial charge on any atom is -0.494 e. The third-order valence-electron chi connectivity index (χ3n) is 7.28. The lowest BCUT2D eigenvalue weighted by Crippen LogP contribution is -2.38. The third-order valence-corrected chi connectivity index (χ3v) is 8.31. The van der Waals surface area contributed by atoms with E-state index >= 15 is 0 Å². The topological polar surface area (TPSA) is 115 Å². The van der Waals surface area contributed by atoms with E-state index in [2.05, 4.69) is 30.2 Å². The predicted octanol–water partition coefficient (Wildman–Crippen LogP) is 5.41. The van der Waals surface area contributed by atoms with Crippen molar-refractivity contribution in [3.8, 4) is 28.9 Å². The van der Waals surface area contributed by atoms with E-state index in [-0.39, 0.29) is 47.0 Å². The van der Waals surface area contributed by atoms with Gasteiger partial charge in [-0.2, -0.15) is 31.9 Å². The summed E-state index contributed by atoms with van der Waals surface area (Å²) in [7, 11) is 4.53. The lowest BCUT2D eigenvalue weighted by Gasteiger charge is -2.28. The van der Waals surface area contributed by atoms with Crippen LogP contribution < -0.4 is 24.4 Å². The highest BCUT2D eigenvalue weighted by atomic mass is 35.5. The van der Waals surface area contributed by atoms with Crippen molar-refractivity contribution in [2.24, 2.45) is 0 Å². The number of nitrogens with one attached hydrogen (secondary N) is 1. The van der Waals surface area contributed by atoms with Crippen molar-refractivity contribution in [2.75, 3.05) is 26.2 Å². The summed E-state index contributed by atoms with van der Waals surface area (Å²) in [5, 5.41) is 22.5. The van der Waals surface area contributed by atoms with Crippen LogP contribution in [0.25, 0.3) is 21.5 Å². The zero-order chi connectivity index (χ0) is 31.6. The van der Waals surface area contributed by atoms with Crippen LogP contribution in [0.5, 0.6) is 17.6 Å². The Labute approximate surface area is 265 Å². The van der Waals surface area contributed by atoms with Crippen LogP contribution in [0, 0.1) is 0 Å². The Morgan fingerprint density at radius 3 is 2.44 bits per heavy atom. The van der Waals surface area contributed by atoms with Crippen LogP contribution in [0.4, 0.5) is 27.8 Å². The molecule has 17 heteroatoms. The molecule has 4 aromatic rings. The number of nitrogens with zero attached hydrogens (tertiary/aromatic N) is 5. The van der Waals surface area contributed by atoms with Gasteiger partial charge in [-0.1, -0.05) is 24.3 Å². The molecule has 244 valence electrons. The van der Waals surface area contributed by atoms with Crippen LogP contribution in [0.15, 0.2) is 36.4 Å². The molecule has 0 saturated heterocycles. The third kappa shape index (κ3) is 8.17. The van der Waals surface area contributed by atoms with Gasteiger partial charge in [0.05, 0.1) is 38.2 Å². The molecule has 0 spiro atoms. The maximum absolute atomic E-state index is 13.0. The summed E-state index contributed by atoms with van der Waals surface area (Å²) in [6.07, 6.45) is -5.12. The molecule has 10 nitrogen and oxygen atoms in total. The van der Waals surface area contributed by atoms with Crippen molar-refractivity contribution in [3.63, 3.8) is 0 Å². The number of fused-ring (bicyclic) bond motifs is 1. The first kappa shape index (κ1) is 34.3. The van der Waals surface area contributed by atoms with Gasteiger partial charge in [-0.25, -0.2) is 0 Å². The van der Waals surface area contributed by atoms with Crippen molar-refractivity contribution in [2.45, 2.75) is 56.8 Å². The molecule has 0 aliphatic heterocycles. The number of halogens is 6. The largest absolute Gasteiger partial charge is 0.494 e. The molecule has 1 aliphatic rings. The zero-order valence-electron chi connectivity index (χ0n) is 24.2. The second-order valence-corrected chi connectivity index (χ2v) is 11.3. The number of anilines is 1. The van der Waals surface area contributed by atoms with E-state index in [0.29, 0.717) is 46.7 Å². The molecule has 1 saturated carbocycles. The average molecular weight is 677 g/mol. The summed E-state index contributed by atoms with van der Waals surface area (Å²) in [6.45, 7) is -2.54. The molecular formula is C28H30ClF5N6O4S. The van der Waals surface area contributed by atoms with E-state index in [1.54, 1.807) is 24.1 Å². The summed E-state index contributed by atoms with van der Waals surface area (Å²) < 4.78 is 78.9. The molecule has 0 radical (unpaired) electrons. The lowest BCUT2D eigenvalue weighted by molar-refractivity contribution is -0.126. The minimum absolute atomic E-state index is 0. The maximum atomic E-state index is 13.0. The molecule has 2 N–H and O–H groups in total. The number of methoxy groups -OCH3 is 2. The molecule has 3 aromatic heterocycles. The Hall–Kier alpha value is -3.60. The first-order valence-corrected chi connectivity index (χ1v) is 14.3. The number of hydrogen-bond acceptors (Lipinski definition) is 11. The molecule has 1 aliphatic carbocycles. The van der Waals surface area contributed by atoms with E-state index < -0.39 is 25.3 Å². The Balaban J connectivity index is 0.00000461. The number of likely N-dealkylation sites (N-methyl/N-ethyl adjacent to an activating group) is 1. The smallest absolute Gasteiger partial charge is 0.393 e. The number of aromatic nitrogens is 4. The van der Waals surface area contributed by atoms with Gasteiger partial charge in [0.25, 0.3) is 0 Å². The number of aliphatic hydroxyl groups is 1. The molecule has 3 atom stereocenters. The predicted molar refractivity (Wildman–Crippen MR) is 160 cm³/mol. The zero-order valence-corrected chi connectivity index (χ0v) is 25.8. The SMILES string of the molecule is COc1nc(N(C)[C@H]2C[C@@H](NCc3ccc(-c4nnc(OC(F)F)cc4OC)cc3)C[C@H]2O)c2cc(CC(F)(F)F)sc2n1.Cl. The molecule has 0 amide bonds. The Morgan fingerprint density at radius 1 is 1.07 bits per heavy atom. The van der Waals surface area contributed by atoms with Crippen molar-refractivity contribution in [1.82, 2.24) is 25.5 Å². The highest BCUT2D eigenvalue weighted by molar-refractivity contribution is 7.18. The number of aliphatic hydroxyl groups excluding tert-OH is 1. The lowest BCUT2D eigenvalue weighted by atomic mass is 10.1. The van der Waals surface area contributed by atoms with Crippen LogP contribution in [0.1, 0.15) is 23.3 Å². The number of ether oxygens (including phenoxy) is 3. The number of alkyl halides is 5. The van der Waals surface area contributed by atoms with Gasteiger partial charge >= 0.3 is 18.8 Å². The van der Waals surface area contributed by atoms with Crippen LogP contribution in [-0.2, 0) is 13.0 Å². The van der Waals surface area contributed by atoms with Gasteiger partial charge in [-0.3, -0.25) is 0 Å². The highest BCUT2D eigenvalue weighted by Gasteiger charge is 2.37. The summed E-state index contributed by atoms with van der Waals surface area (Å²) in [5.41, 5.74) is 1.98. The van der Waals surface area contributed by atoms with Crippen LogP contribution >= 0.6 is 23.7 Å². The standard InChI is InChI=1S/C28H29F5N6O4S.ClH/c1-39(24-18-10-17(12-28(31,32)33)44-25(18)36-27(35-24)42-3)19-8-16(9-20(19)40)34-13-14-4-6-15(7-5-14)23-21(41-2)11-22(37-38-23)43-26(29)30;/h4-7,10-11,16,19-20,26,34,40H,8-9,12-13H2,1-3H3;1H/t16-,19+,20-;/m1./s1. The normalized spacial score (nSPS) is 18.2. The van der Waals surface area contributed by atoms with Crippen molar-refractivity contribution in [1.29, 1.82) is 0 Å². The number of thiophene rings is 1. The van der Waals surface area contributed by atoms with E-state index in [4.69, 9.17) is 9.47 Å². The number of rotatable bonds is 11. The summed E-state index contributed by atoms with van der Waals surface area (Å²) in [5.74, 6) is 0.271. The summed E-state index contributed by atoms with van der Waals surface area (Å²) >= 11 is 0.939. The van der Waals surface area contributed by atoms with Crippen LogP contribution in [0.2, 0.25) is 0 Å². The van der Waals surface area contributed by atoms with Gasteiger partial charge in [0.2, 0.25) is 5.88 Å². The van der Waals surface area contributed by atoms with Crippen molar-refractivity contribution in [3.05, 3.63) is 46.8 Å². The van der Waals surface area contributed by atoms with Crippen LogP contribution in [-0.4, -0.2) is 77.5 Å². The van der Waals surface area contributed by atoms with Gasteiger partial charge in [-0.15, -0.1) is 33.9 Å². The van der Waals surface area contributed by atoms with E-state index in [9.17, 15) is 27.1 Å². The van der Waals surface area contributed by atoms with Crippen LogP contribution in [0.3, 0.4) is 0 Å². The Morgan fingerprint density at radius 2 is 1.80 bits per heavy atom.